The number of hydrogen-bond donors (Lipinski definition) is 2. The first kappa shape index (κ1) is 14.8. The third-order valence-corrected chi connectivity index (χ3v) is 4.67. The topological polar surface area (TPSA) is 55.1 Å². The Morgan fingerprint density at radius 3 is 2.65 bits per heavy atom. The summed E-state index contributed by atoms with van der Waals surface area (Å²) >= 11 is 1.73. The molecule has 1 saturated carbocycles. The molecule has 1 aliphatic rings. The van der Waals surface area contributed by atoms with Crippen LogP contribution in [-0.4, -0.2) is 30.5 Å². The summed E-state index contributed by atoms with van der Waals surface area (Å²) in [5.41, 5.74) is 6.20. The van der Waals surface area contributed by atoms with Crippen molar-refractivity contribution in [1.29, 1.82) is 0 Å². The molecule has 17 heavy (non-hydrogen) atoms. The van der Waals surface area contributed by atoms with Gasteiger partial charge in [-0.15, -0.1) is 0 Å². The Kier molecular flexibility index (Phi) is 6.34. The minimum Gasteiger partial charge on any atom is -0.354 e. The molecule has 0 aliphatic heterocycles. The summed E-state index contributed by atoms with van der Waals surface area (Å²) in [5, 5.41) is 3.05. The lowest BCUT2D eigenvalue weighted by atomic mass is 9.83. The van der Waals surface area contributed by atoms with Gasteiger partial charge in [-0.25, -0.2) is 0 Å². The second-order valence-electron chi connectivity index (χ2n) is 5.17. The van der Waals surface area contributed by atoms with Crippen LogP contribution in [0.25, 0.3) is 0 Å². The number of nitrogens with two attached hydrogens (primary N) is 1. The van der Waals surface area contributed by atoms with Crippen molar-refractivity contribution in [2.75, 3.05) is 18.6 Å². The highest BCUT2D eigenvalue weighted by Crippen LogP contribution is 2.40. The van der Waals surface area contributed by atoms with Crippen molar-refractivity contribution < 1.29 is 4.79 Å². The third kappa shape index (κ3) is 4.51. The number of rotatable bonds is 7. The van der Waals surface area contributed by atoms with Gasteiger partial charge in [-0.2, -0.15) is 11.8 Å². The molecule has 3 N–H and O–H groups in total. The van der Waals surface area contributed by atoms with Gasteiger partial charge in [0.15, 0.2) is 0 Å². The van der Waals surface area contributed by atoms with Gasteiger partial charge in [-0.1, -0.05) is 19.8 Å². The average molecular weight is 258 g/mol. The summed E-state index contributed by atoms with van der Waals surface area (Å²) in [4.78, 5) is 11.8. The maximum Gasteiger partial charge on any atom is 0.236 e. The molecule has 0 heterocycles. The SMILES string of the molecule is CCC1(CNC(=O)[C@@H](N)CCSC)CCCC1. The van der Waals surface area contributed by atoms with E-state index >= 15 is 0 Å². The van der Waals surface area contributed by atoms with Crippen LogP contribution in [0.2, 0.25) is 0 Å². The van der Waals surface area contributed by atoms with Gasteiger partial charge in [0.05, 0.1) is 6.04 Å². The number of amides is 1. The number of thioether (sulfide) groups is 1. The summed E-state index contributed by atoms with van der Waals surface area (Å²) < 4.78 is 0. The first-order chi connectivity index (χ1) is 8.13. The van der Waals surface area contributed by atoms with Crippen molar-refractivity contribution in [2.45, 2.75) is 51.5 Å². The molecule has 0 bridgehead atoms. The van der Waals surface area contributed by atoms with Crippen molar-refractivity contribution in [1.82, 2.24) is 5.32 Å². The van der Waals surface area contributed by atoms with Crippen LogP contribution in [-0.2, 0) is 4.79 Å². The molecule has 0 aromatic heterocycles. The maximum absolute atomic E-state index is 11.8. The van der Waals surface area contributed by atoms with E-state index in [-0.39, 0.29) is 11.9 Å². The molecule has 1 atom stereocenters. The van der Waals surface area contributed by atoms with E-state index in [9.17, 15) is 4.79 Å². The van der Waals surface area contributed by atoms with E-state index in [0.29, 0.717) is 5.41 Å². The van der Waals surface area contributed by atoms with Crippen LogP contribution in [0.3, 0.4) is 0 Å². The molecule has 0 unspecified atom stereocenters. The van der Waals surface area contributed by atoms with Crippen molar-refractivity contribution in [3.05, 3.63) is 0 Å². The normalized spacial score (nSPS) is 20.2. The average Bonchev–Trinajstić information content (AvgIpc) is 2.82. The Balaban J connectivity index is 2.31. The molecule has 0 saturated heterocycles. The fourth-order valence-corrected chi connectivity index (χ4v) is 3.05. The maximum atomic E-state index is 11.8. The van der Waals surface area contributed by atoms with Crippen LogP contribution in [0.4, 0.5) is 0 Å². The fourth-order valence-electron chi connectivity index (χ4n) is 2.56. The minimum absolute atomic E-state index is 0.0266. The van der Waals surface area contributed by atoms with E-state index in [2.05, 4.69) is 12.2 Å². The van der Waals surface area contributed by atoms with Crippen LogP contribution in [0.5, 0.6) is 0 Å². The van der Waals surface area contributed by atoms with E-state index in [1.54, 1.807) is 11.8 Å². The van der Waals surface area contributed by atoms with Crippen molar-refractivity contribution >= 4 is 17.7 Å². The summed E-state index contributed by atoms with van der Waals surface area (Å²) in [6.07, 6.45) is 9.09. The highest BCUT2D eigenvalue weighted by atomic mass is 32.2. The minimum atomic E-state index is -0.335. The van der Waals surface area contributed by atoms with Crippen molar-refractivity contribution in [3.63, 3.8) is 0 Å². The second-order valence-corrected chi connectivity index (χ2v) is 6.15. The van der Waals surface area contributed by atoms with Gasteiger partial charge in [0.1, 0.15) is 0 Å². The molecular formula is C13H26N2OS. The molecule has 0 radical (unpaired) electrons. The number of carbonyl (C=O) groups excluding carboxylic acids is 1. The lowest BCUT2D eigenvalue weighted by Crippen LogP contribution is -2.45. The lowest BCUT2D eigenvalue weighted by Gasteiger charge is -2.28. The molecular weight excluding hydrogens is 232 g/mol. The summed E-state index contributed by atoms with van der Waals surface area (Å²) in [5.74, 6) is 0.979. The number of hydrogen-bond acceptors (Lipinski definition) is 3. The fraction of sp³-hybridized carbons (Fsp3) is 0.923. The number of carbonyl (C=O) groups is 1. The van der Waals surface area contributed by atoms with Crippen LogP contribution in [0.15, 0.2) is 0 Å². The van der Waals surface area contributed by atoms with Crippen molar-refractivity contribution in [2.24, 2.45) is 11.1 Å². The first-order valence-electron chi connectivity index (χ1n) is 6.66. The highest BCUT2D eigenvalue weighted by Gasteiger charge is 2.32. The van der Waals surface area contributed by atoms with E-state index < -0.39 is 0 Å². The molecule has 1 amide bonds. The quantitative estimate of drug-likeness (QED) is 0.736. The summed E-state index contributed by atoms with van der Waals surface area (Å²) in [6, 6.07) is -0.335. The van der Waals surface area contributed by atoms with E-state index in [1.165, 1.54) is 25.7 Å². The Bertz CT molecular complexity index is 240. The van der Waals surface area contributed by atoms with Crippen LogP contribution >= 0.6 is 11.8 Å². The van der Waals surface area contributed by atoms with Gasteiger partial charge in [-0.05, 0) is 43.1 Å². The molecule has 3 nitrogen and oxygen atoms in total. The first-order valence-corrected chi connectivity index (χ1v) is 8.05. The van der Waals surface area contributed by atoms with E-state index in [1.807, 2.05) is 6.26 Å². The molecule has 0 aromatic carbocycles. The summed E-state index contributed by atoms with van der Waals surface area (Å²) in [7, 11) is 0. The Morgan fingerprint density at radius 2 is 2.12 bits per heavy atom. The van der Waals surface area contributed by atoms with Gasteiger partial charge in [0, 0.05) is 6.54 Å². The van der Waals surface area contributed by atoms with E-state index in [4.69, 9.17) is 5.73 Å². The molecule has 100 valence electrons. The third-order valence-electron chi connectivity index (χ3n) is 4.02. The Labute approximate surface area is 109 Å². The van der Waals surface area contributed by atoms with E-state index in [0.717, 1.165) is 25.1 Å². The van der Waals surface area contributed by atoms with Gasteiger partial charge in [-0.3, -0.25) is 4.79 Å². The van der Waals surface area contributed by atoms with Crippen LogP contribution in [0, 0.1) is 5.41 Å². The standard InChI is InChI=1S/C13H26N2OS/c1-3-13(7-4-5-8-13)10-15-12(16)11(14)6-9-17-2/h11H,3-10,14H2,1-2H3,(H,15,16)/t11-/m0/s1. The predicted octanol–water partition coefficient (Wildman–Crippen LogP) is 2.15. The van der Waals surface area contributed by atoms with Gasteiger partial charge < -0.3 is 11.1 Å². The van der Waals surface area contributed by atoms with Gasteiger partial charge in [0.25, 0.3) is 0 Å². The van der Waals surface area contributed by atoms with Crippen molar-refractivity contribution in [3.8, 4) is 0 Å². The van der Waals surface area contributed by atoms with Gasteiger partial charge in [0.2, 0.25) is 5.91 Å². The molecule has 0 aromatic rings. The highest BCUT2D eigenvalue weighted by molar-refractivity contribution is 7.98. The molecule has 4 heteroatoms. The zero-order valence-electron chi connectivity index (χ0n) is 11.1. The Morgan fingerprint density at radius 1 is 1.47 bits per heavy atom. The number of nitrogens with one attached hydrogen (secondary N) is 1. The van der Waals surface area contributed by atoms with Gasteiger partial charge >= 0.3 is 0 Å². The molecule has 1 fully saturated rings. The largest absolute Gasteiger partial charge is 0.354 e. The smallest absolute Gasteiger partial charge is 0.236 e. The molecule has 1 aliphatic carbocycles. The monoisotopic (exact) mass is 258 g/mol. The molecule has 0 spiro atoms. The zero-order chi connectivity index (χ0) is 12.7. The summed E-state index contributed by atoms with van der Waals surface area (Å²) in [6.45, 7) is 3.04. The van der Waals surface area contributed by atoms with Crippen LogP contribution in [0.1, 0.15) is 45.4 Å². The lowest BCUT2D eigenvalue weighted by molar-refractivity contribution is -0.122. The zero-order valence-corrected chi connectivity index (χ0v) is 11.9. The van der Waals surface area contributed by atoms with Crippen LogP contribution < -0.4 is 11.1 Å². The second kappa shape index (κ2) is 7.27. The Hall–Kier alpha value is -0.220. The molecule has 1 rings (SSSR count). The predicted molar refractivity (Wildman–Crippen MR) is 75.2 cm³/mol.